The average Bonchev–Trinajstić information content (AvgIpc) is 1.81. The predicted molar refractivity (Wildman–Crippen MR) is 36.2 cm³/mol. The molecule has 2 N–H and O–H groups in total. The molecule has 1 radical (unpaired) electrons. The Hall–Kier alpha value is 0.01000. The topological polar surface area (TPSA) is 57.5 Å². The molecule has 0 aromatic carbocycles. The normalized spacial score (nSPS) is 13.5. The molecular weight excluding hydrogens is 177 g/mol. The minimum atomic E-state index is -5.26. The highest BCUT2D eigenvalue weighted by atomic mass is 31.2. The molecule has 0 aromatic rings. The number of unbranched alkanes of at least 4 members (excludes halogenated alkanes) is 1. The maximum atomic E-state index is 12.3. The van der Waals surface area contributed by atoms with Crippen LogP contribution in [0.4, 0.5) is 8.78 Å². The van der Waals surface area contributed by atoms with Crippen molar-refractivity contribution in [1.29, 1.82) is 0 Å². The zero-order chi connectivity index (χ0) is 9.12. The third kappa shape index (κ3) is 3.27. The van der Waals surface area contributed by atoms with Crippen molar-refractivity contribution in [2.45, 2.75) is 24.9 Å². The van der Waals surface area contributed by atoms with Crippen LogP contribution >= 0.6 is 7.60 Å². The fourth-order valence-corrected chi connectivity index (χ4v) is 0.933. The van der Waals surface area contributed by atoms with Crippen molar-refractivity contribution >= 4 is 7.60 Å². The number of halogens is 2. The number of hydrogen-bond donors (Lipinski definition) is 2. The van der Waals surface area contributed by atoms with E-state index in [4.69, 9.17) is 9.79 Å². The Kier molecular flexibility index (Phi) is 3.61. The van der Waals surface area contributed by atoms with Gasteiger partial charge in [0.1, 0.15) is 0 Å². The van der Waals surface area contributed by atoms with Crippen molar-refractivity contribution in [3.63, 3.8) is 0 Å². The summed E-state index contributed by atoms with van der Waals surface area (Å²) in [5.74, 6) is 0. The van der Waals surface area contributed by atoms with E-state index < -0.39 is 19.7 Å². The van der Waals surface area contributed by atoms with Crippen molar-refractivity contribution in [2.75, 3.05) is 0 Å². The van der Waals surface area contributed by atoms with Crippen LogP contribution < -0.4 is 0 Å². The molecule has 0 aliphatic heterocycles. The Bertz CT molecular complexity index is 165. The molecule has 3 nitrogen and oxygen atoms in total. The molecule has 0 heterocycles. The van der Waals surface area contributed by atoms with Gasteiger partial charge in [0, 0.05) is 6.42 Å². The number of rotatable bonds is 4. The molecule has 0 aromatic heterocycles. The number of hydrogen-bond acceptors (Lipinski definition) is 1. The van der Waals surface area contributed by atoms with E-state index >= 15 is 0 Å². The first-order valence-electron chi connectivity index (χ1n) is 3.04. The lowest BCUT2D eigenvalue weighted by atomic mass is 10.3. The average molecular weight is 187 g/mol. The van der Waals surface area contributed by atoms with E-state index in [0.717, 1.165) is 0 Å². The summed E-state index contributed by atoms with van der Waals surface area (Å²) >= 11 is 0. The highest BCUT2D eigenvalue weighted by Gasteiger charge is 2.47. The first-order valence-corrected chi connectivity index (χ1v) is 4.65. The van der Waals surface area contributed by atoms with Crippen LogP contribution in [0.15, 0.2) is 0 Å². The molecule has 0 saturated carbocycles. The van der Waals surface area contributed by atoms with Gasteiger partial charge < -0.3 is 9.79 Å². The Balaban J connectivity index is 4.11. The molecule has 67 valence electrons. The highest BCUT2D eigenvalue weighted by molar-refractivity contribution is 7.53. The quantitative estimate of drug-likeness (QED) is 0.659. The van der Waals surface area contributed by atoms with Crippen molar-refractivity contribution in [2.24, 2.45) is 0 Å². The van der Waals surface area contributed by atoms with Crippen LogP contribution in [0.25, 0.3) is 0 Å². The van der Waals surface area contributed by atoms with Crippen LogP contribution in [0.2, 0.25) is 0 Å². The highest BCUT2D eigenvalue weighted by Crippen LogP contribution is 2.55. The van der Waals surface area contributed by atoms with Gasteiger partial charge in [0.15, 0.2) is 0 Å². The summed E-state index contributed by atoms with van der Waals surface area (Å²) in [4.78, 5) is 16.2. The van der Waals surface area contributed by atoms with Gasteiger partial charge in [0.05, 0.1) is 0 Å². The van der Waals surface area contributed by atoms with Gasteiger partial charge in [-0.3, -0.25) is 4.57 Å². The lowest BCUT2D eigenvalue weighted by Gasteiger charge is -2.16. The minimum Gasteiger partial charge on any atom is -0.320 e. The van der Waals surface area contributed by atoms with E-state index in [0.29, 0.717) is 0 Å². The van der Waals surface area contributed by atoms with Crippen LogP contribution in [0, 0.1) is 6.92 Å². The van der Waals surface area contributed by atoms with E-state index in [2.05, 4.69) is 6.92 Å². The molecule has 0 amide bonds. The van der Waals surface area contributed by atoms with Crippen molar-refractivity contribution in [1.82, 2.24) is 0 Å². The van der Waals surface area contributed by atoms with Crippen LogP contribution in [-0.2, 0) is 4.57 Å². The van der Waals surface area contributed by atoms with Gasteiger partial charge in [0.25, 0.3) is 0 Å². The van der Waals surface area contributed by atoms with Gasteiger partial charge in [-0.15, -0.1) is 0 Å². The maximum absolute atomic E-state index is 12.3. The summed E-state index contributed by atoms with van der Waals surface area (Å²) in [6.45, 7) is 3.28. The van der Waals surface area contributed by atoms with Gasteiger partial charge >= 0.3 is 13.3 Å². The zero-order valence-corrected chi connectivity index (χ0v) is 6.73. The van der Waals surface area contributed by atoms with E-state index in [9.17, 15) is 13.3 Å². The van der Waals surface area contributed by atoms with E-state index in [1.165, 1.54) is 0 Å². The third-order valence-electron chi connectivity index (χ3n) is 1.15. The molecule has 6 heteroatoms. The third-order valence-corrected chi connectivity index (χ3v) is 2.23. The van der Waals surface area contributed by atoms with Gasteiger partial charge in [-0.2, -0.15) is 8.78 Å². The molecule has 0 fully saturated rings. The zero-order valence-electron chi connectivity index (χ0n) is 5.83. The largest absolute Gasteiger partial charge is 0.394 e. The summed E-state index contributed by atoms with van der Waals surface area (Å²) in [5.41, 5.74) is -3.88. The maximum Gasteiger partial charge on any atom is 0.394 e. The smallest absolute Gasteiger partial charge is 0.320 e. The molecule has 0 unspecified atom stereocenters. The molecular formula is C5H10F2O3P. The molecule has 0 saturated heterocycles. The lowest BCUT2D eigenvalue weighted by molar-refractivity contribution is 0.0486. The van der Waals surface area contributed by atoms with Crippen molar-refractivity contribution in [3.8, 4) is 0 Å². The van der Waals surface area contributed by atoms with E-state index in [1.54, 1.807) is 0 Å². The second-order valence-electron chi connectivity index (χ2n) is 2.17. The summed E-state index contributed by atoms with van der Waals surface area (Å²) in [6, 6.07) is 0. The lowest BCUT2D eigenvalue weighted by Crippen LogP contribution is -2.15. The standard InChI is InChI=1S/C5H10F2O3P/c1-2-3-4-5(6,7)11(8,9)10/h1-4H2,(H2,8,9,10). The molecule has 11 heavy (non-hydrogen) atoms. The molecule has 0 aliphatic rings. The Morgan fingerprint density at radius 2 is 1.91 bits per heavy atom. The Labute approximate surface area is 63.6 Å². The first-order chi connectivity index (χ1) is 4.81. The minimum absolute atomic E-state index is 0.0120. The number of alkyl halides is 2. The first kappa shape index (κ1) is 11.0. The van der Waals surface area contributed by atoms with Crippen LogP contribution in [0.5, 0.6) is 0 Å². The fourth-order valence-electron chi connectivity index (χ4n) is 0.483. The second-order valence-corrected chi connectivity index (χ2v) is 3.91. The van der Waals surface area contributed by atoms with Crippen LogP contribution in [0.1, 0.15) is 19.3 Å². The van der Waals surface area contributed by atoms with Gasteiger partial charge in [-0.05, 0) is 6.42 Å². The predicted octanol–water partition coefficient (Wildman–Crippen LogP) is 1.76. The Morgan fingerprint density at radius 1 is 1.45 bits per heavy atom. The van der Waals surface area contributed by atoms with E-state index in [1.807, 2.05) is 0 Å². The second kappa shape index (κ2) is 3.61. The van der Waals surface area contributed by atoms with Gasteiger partial charge in [-0.25, -0.2) is 0 Å². The van der Waals surface area contributed by atoms with Gasteiger partial charge in [-0.1, -0.05) is 13.3 Å². The van der Waals surface area contributed by atoms with Gasteiger partial charge in [0.2, 0.25) is 0 Å². The van der Waals surface area contributed by atoms with Crippen molar-refractivity contribution < 1.29 is 23.1 Å². The van der Waals surface area contributed by atoms with Crippen LogP contribution in [0.3, 0.4) is 0 Å². The fraction of sp³-hybridized carbons (Fsp3) is 0.800. The molecule has 0 aliphatic carbocycles. The SMILES string of the molecule is [CH2]CCCC(F)(F)P(=O)(O)O. The molecule has 0 bridgehead atoms. The summed E-state index contributed by atoms with van der Waals surface area (Å²) < 4.78 is 34.7. The van der Waals surface area contributed by atoms with E-state index in [-0.39, 0.29) is 12.8 Å². The summed E-state index contributed by atoms with van der Waals surface area (Å²) in [7, 11) is -5.26. The molecule has 0 rings (SSSR count). The monoisotopic (exact) mass is 187 g/mol. The van der Waals surface area contributed by atoms with Crippen LogP contribution in [-0.4, -0.2) is 15.5 Å². The molecule has 0 atom stereocenters. The van der Waals surface area contributed by atoms with Crippen molar-refractivity contribution in [3.05, 3.63) is 6.92 Å². The summed E-state index contributed by atoms with van der Waals surface area (Å²) in [5, 5.41) is 0. The summed E-state index contributed by atoms with van der Waals surface area (Å²) in [6.07, 6.45) is -0.547. The Morgan fingerprint density at radius 3 is 2.18 bits per heavy atom. The molecule has 0 spiro atoms.